The molecule has 0 aliphatic heterocycles. The van der Waals surface area contributed by atoms with Crippen molar-refractivity contribution in [2.45, 2.75) is 20.4 Å². The van der Waals surface area contributed by atoms with Gasteiger partial charge in [-0.2, -0.15) is 10.2 Å². The molecule has 0 aliphatic carbocycles. The van der Waals surface area contributed by atoms with Crippen molar-refractivity contribution in [3.05, 3.63) is 113 Å². The topological polar surface area (TPSA) is 59.3 Å². The molecule has 0 saturated heterocycles. The van der Waals surface area contributed by atoms with Gasteiger partial charge in [-0.1, -0.05) is 60.7 Å². The summed E-state index contributed by atoms with van der Waals surface area (Å²) in [6, 6.07) is 28.2. The highest BCUT2D eigenvalue weighted by molar-refractivity contribution is 6.13. The average Bonchev–Trinajstić information content (AvgIpc) is 3.15. The van der Waals surface area contributed by atoms with Crippen LogP contribution in [0.15, 0.2) is 90.0 Å². The van der Waals surface area contributed by atoms with E-state index in [1.165, 1.54) is 0 Å². The zero-order chi connectivity index (χ0) is 22.8. The molecular weight excluding hydrogens is 408 g/mol. The first-order valence-corrected chi connectivity index (χ1v) is 10.9. The number of rotatable bonds is 5. The smallest absolute Gasteiger partial charge is 0.267 e. The number of amides is 1. The molecule has 0 aliphatic rings. The molecule has 0 spiro atoms. The molecule has 0 unspecified atom stereocenters. The predicted molar refractivity (Wildman–Crippen MR) is 134 cm³/mol. The molecule has 1 aromatic heterocycles. The molecule has 4 aromatic carbocycles. The number of nitrogens with zero attached hydrogens (tertiary/aromatic N) is 3. The van der Waals surface area contributed by atoms with E-state index in [2.05, 4.69) is 52.0 Å². The van der Waals surface area contributed by atoms with Crippen LogP contribution in [0.3, 0.4) is 0 Å². The van der Waals surface area contributed by atoms with Gasteiger partial charge in [0.2, 0.25) is 0 Å². The molecule has 33 heavy (non-hydrogen) atoms. The van der Waals surface area contributed by atoms with Crippen LogP contribution >= 0.6 is 0 Å². The van der Waals surface area contributed by atoms with Gasteiger partial charge in [-0.3, -0.25) is 9.48 Å². The molecule has 5 nitrogen and oxygen atoms in total. The normalized spacial score (nSPS) is 11.5. The van der Waals surface area contributed by atoms with E-state index in [9.17, 15) is 4.79 Å². The highest BCUT2D eigenvalue weighted by atomic mass is 16.2. The lowest BCUT2D eigenvalue weighted by Gasteiger charge is -2.08. The van der Waals surface area contributed by atoms with E-state index in [1.807, 2.05) is 67.1 Å². The Morgan fingerprint density at radius 3 is 2.15 bits per heavy atom. The van der Waals surface area contributed by atoms with Gasteiger partial charge in [0.05, 0.1) is 18.5 Å². The number of carbonyl (C=O) groups is 1. The number of benzene rings is 4. The first kappa shape index (κ1) is 20.6. The fourth-order valence-electron chi connectivity index (χ4n) is 4.18. The number of hydrazone groups is 1. The van der Waals surface area contributed by atoms with Crippen LogP contribution < -0.4 is 5.43 Å². The van der Waals surface area contributed by atoms with Gasteiger partial charge < -0.3 is 0 Å². The van der Waals surface area contributed by atoms with Crippen molar-refractivity contribution in [1.29, 1.82) is 0 Å². The largest absolute Gasteiger partial charge is 0.271 e. The Balaban J connectivity index is 1.34. The lowest BCUT2D eigenvalue weighted by Crippen LogP contribution is -2.17. The number of hydrogen-bond acceptors (Lipinski definition) is 3. The summed E-state index contributed by atoms with van der Waals surface area (Å²) in [5.41, 5.74) is 7.43. The molecule has 5 aromatic rings. The Labute approximate surface area is 192 Å². The predicted octanol–water partition coefficient (Wildman–Crippen LogP) is 5.62. The van der Waals surface area contributed by atoms with E-state index in [1.54, 1.807) is 6.21 Å². The van der Waals surface area contributed by atoms with E-state index >= 15 is 0 Å². The van der Waals surface area contributed by atoms with E-state index in [-0.39, 0.29) is 5.91 Å². The van der Waals surface area contributed by atoms with Crippen LogP contribution in [0.2, 0.25) is 0 Å². The van der Waals surface area contributed by atoms with Crippen LogP contribution in [0.1, 0.15) is 32.9 Å². The highest BCUT2D eigenvalue weighted by Gasteiger charge is 2.08. The zero-order valence-electron chi connectivity index (χ0n) is 18.6. The van der Waals surface area contributed by atoms with E-state index in [0.717, 1.165) is 44.1 Å². The average molecular weight is 433 g/mol. The number of hydrogen-bond donors (Lipinski definition) is 1. The minimum Gasteiger partial charge on any atom is -0.267 e. The van der Waals surface area contributed by atoms with Gasteiger partial charge in [-0.15, -0.1) is 0 Å². The minimum absolute atomic E-state index is 0.242. The van der Waals surface area contributed by atoms with Crippen LogP contribution in [0.25, 0.3) is 21.5 Å². The monoisotopic (exact) mass is 432 g/mol. The van der Waals surface area contributed by atoms with Crippen molar-refractivity contribution in [3.63, 3.8) is 0 Å². The second-order valence-corrected chi connectivity index (χ2v) is 8.21. The second kappa shape index (κ2) is 8.71. The maximum Gasteiger partial charge on any atom is 0.271 e. The molecule has 0 atom stereocenters. The van der Waals surface area contributed by atoms with E-state index in [0.29, 0.717) is 12.1 Å². The van der Waals surface area contributed by atoms with Gasteiger partial charge in [-0.05, 0) is 65.2 Å². The van der Waals surface area contributed by atoms with Crippen LogP contribution in [0, 0.1) is 13.8 Å². The maximum atomic E-state index is 12.6. The van der Waals surface area contributed by atoms with Crippen LogP contribution in [0.4, 0.5) is 0 Å². The van der Waals surface area contributed by atoms with Gasteiger partial charge in [0.1, 0.15) is 0 Å². The lowest BCUT2D eigenvalue weighted by atomic mass is 9.97. The third-order valence-corrected chi connectivity index (χ3v) is 5.82. The number of fused-ring (bicyclic) bond motifs is 2. The summed E-state index contributed by atoms with van der Waals surface area (Å²) < 4.78 is 1.96. The van der Waals surface area contributed by atoms with Gasteiger partial charge in [0.25, 0.3) is 5.91 Å². The molecule has 0 radical (unpaired) electrons. The Morgan fingerprint density at radius 1 is 0.909 bits per heavy atom. The lowest BCUT2D eigenvalue weighted by molar-refractivity contribution is 0.0955. The number of aromatic nitrogens is 2. The quantitative estimate of drug-likeness (QED) is 0.223. The maximum absolute atomic E-state index is 12.6. The summed E-state index contributed by atoms with van der Waals surface area (Å²) in [5.74, 6) is -0.242. The van der Waals surface area contributed by atoms with Gasteiger partial charge in [-0.25, -0.2) is 5.43 Å². The van der Waals surface area contributed by atoms with E-state index in [4.69, 9.17) is 0 Å². The van der Waals surface area contributed by atoms with Crippen molar-refractivity contribution in [2.24, 2.45) is 5.10 Å². The molecule has 5 heteroatoms. The SMILES string of the molecule is Cc1cc(C)n(Cc2ccc(C(=O)N/N=C/c3c4ccccc4cc4ccccc34)cc2)n1. The Hall–Kier alpha value is -4.25. The van der Waals surface area contributed by atoms with Crippen LogP contribution in [-0.2, 0) is 6.54 Å². The van der Waals surface area contributed by atoms with Crippen molar-refractivity contribution in [1.82, 2.24) is 15.2 Å². The Bertz CT molecular complexity index is 1440. The third kappa shape index (κ3) is 4.26. The van der Waals surface area contributed by atoms with Crippen molar-refractivity contribution < 1.29 is 4.79 Å². The standard InChI is InChI=1S/C28H24N4O/c1-19-15-20(2)32(31-19)18-21-11-13-22(14-12-21)28(33)30-29-17-27-25-9-5-3-7-23(25)16-24-8-4-6-10-26(24)27/h3-17H,18H2,1-2H3,(H,30,33)/b29-17+. The van der Waals surface area contributed by atoms with Gasteiger partial charge >= 0.3 is 0 Å². The molecule has 0 saturated carbocycles. The number of carbonyl (C=O) groups excluding carboxylic acids is 1. The van der Waals surface area contributed by atoms with Crippen LogP contribution in [-0.4, -0.2) is 21.9 Å². The fourth-order valence-corrected chi connectivity index (χ4v) is 4.18. The molecule has 1 amide bonds. The molecule has 5 rings (SSSR count). The third-order valence-electron chi connectivity index (χ3n) is 5.82. The highest BCUT2D eigenvalue weighted by Crippen LogP contribution is 2.27. The first-order valence-electron chi connectivity index (χ1n) is 10.9. The Kier molecular flexibility index (Phi) is 5.45. The second-order valence-electron chi connectivity index (χ2n) is 8.21. The molecule has 0 fully saturated rings. The van der Waals surface area contributed by atoms with Gasteiger partial charge in [0.15, 0.2) is 0 Å². The molecular formula is C28H24N4O. The summed E-state index contributed by atoms with van der Waals surface area (Å²) >= 11 is 0. The summed E-state index contributed by atoms with van der Waals surface area (Å²) in [4.78, 5) is 12.6. The zero-order valence-corrected chi connectivity index (χ0v) is 18.6. The molecule has 162 valence electrons. The summed E-state index contributed by atoms with van der Waals surface area (Å²) in [5, 5.41) is 13.3. The van der Waals surface area contributed by atoms with Crippen molar-refractivity contribution in [2.75, 3.05) is 0 Å². The summed E-state index contributed by atoms with van der Waals surface area (Å²) in [7, 11) is 0. The van der Waals surface area contributed by atoms with E-state index < -0.39 is 0 Å². The number of aryl methyl sites for hydroxylation is 2. The number of nitrogens with one attached hydrogen (secondary N) is 1. The molecule has 0 bridgehead atoms. The fraction of sp³-hybridized carbons (Fsp3) is 0.107. The minimum atomic E-state index is -0.242. The molecule has 1 N–H and O–H groups in total. The Morgan fingerprint density at radius 2 is 1.55 bits per heavy atom. The van der Waals surface area contributed by atoms with Crippen molar-refractivity contribution >= 4 is 33.7 Å². The summed E-state index contributed by atoms with van der Waals surface area (Å²) in [6.45, 7) is 4.70. The van der Waals surface area contributed by atoms with Gasteiger partial charge in [0, 0.05) is 16.8 Å². The van der Waals surface area contributed by atoms with Crippen molar-refractivity contribution in [3.8, 4) is 0 Å². The van der Waals surface area contributed by atoms with Crippen LogP contribution in [0.5, 0.6) is 0 Å². The summed E-state index contributed by atoms with van der Waals surface area (Å²) in [6.07, 6.45) is 1.74. The molecule has 1 heterocycles. The first-order chi connectivity index (χ1) is 16.1.